The van der Waals surface area contributed by atoms with E-state index in [0.717, 1.165) is 12.1 Å². The molecule has 0 spiro atoms. The Morgan fingerprint density at radius 3 is 2.60 bits per heavy atom. The Kier molecular flexibility index (Phi) is 2.53. The summed E-state index contributed by atoms with van der Waals surface area (Å²) in [6.45, 7) is 0. The molecule has 1 aromatic carbocycles. The van der Waals surface area contributed by atoms with Gasteiger partial charge in [0.05, 0.1) is 22.1 Å². The van der Waals surface area contributed by atoms with Crippen LogP contribution in [-0.2, 0) is 0 Å². The Labute approximate surface area is 83.5 Å². The normalized spacial score (nSPS) is 9.27. The maximum Gasteiger partial charge on any atom is 0.338 e. The molecule has 0 fully saturated rings. The highest BCUT2D eigenvalue weighted by Gasteiger charge is 2.20. The van der Waals surface area contributed by atoms with Crippen molar-refractivity contribution in [1.29, 1.82) is 5.26 Å². The molecule has 1 rings (SSSR count). The molecule has 0 radical (unpaired) electrons. The smallest absolute Gasteiger partial charge is 0.338 e. The molecule has 0 aromatic heterocycles. The summed E-state index contributed by atoms with van der Waals surface area (Å²) in [5.41, 5.74) is 3.69. The fraction of sp³-hybridized carbons (Fsp3) is 0. The number of carboxylic acids is 1. The number of aromatic carboxylic acids is 1. The molecule has 0 bridgehead atoms. The van der Waals surface area contributed by atoms with Crippen LogP contribution in [-0.4, -0.2) is 16.0 Å². The van der Waals surface area contributed by atoms with Gasteiger partial charge in [0.2, 0.25) is 0 Å². The summed E-state index contributed by atoms with van der Waals surface area (Å²) in [6, 6.07) is 3.54. The predicted molar refractivity (Wildman–Crippen MR) is 49.2 cm³/mol. The fourth-order valence-electron chi connectivity index (χ4n) is 1.03. The number of anilines is 1. The lowest BCUT2D eigenvalue weighted by Gasteiger charge is -2.01. The van der Waals surface area contributed by atoms with E-state index >= 15 is 0 Å². The van der Waals surface area contributed by atoms with Crippen LogP contribution in [0.3, 0.4) is 0 Å². The monoisotopic (exact) mass is 207 g/mol. The van der Waals surface area contributed by atoms with Crippen molar-refractivity contribution in [2.75, 3.05) is 5.73 Å². The molecule has 0 atom stereocenters. The average Bonchev–Trinajstić information content (AvgIpc) is 2.17. The van der Waals surface area contributed by atoms with Gasteiger partial charge in [-0.05, 0) is 6.07 Å². The summed E-state index contributed by atoms with van der Waals surface area (Å²) in [4.78, 5) is 20.3. The van der Waals surface area contributed by atoms with Crippen LogP contribution >= 0.6 is 0 Å². The number of rotatable bonds is 2. The van der Waals surface area contributed by atoms with E-state index in [9.17, 15) is 14.9 Å². The van der Waals surface area contributed by atoms with Crippen molar-refractivity contribution >= 4 is 17.3 Å². The fourth-order valence-corrected chi connectivity index (χ4v) is 1.03. The van der Waals surface area contributed by atoms with E-state index in [4.69, 9.17) is 16.1 Å². The highest BCUT2D eigenvalue weighted by Crippen LogP contribution is 2.26. The van der Waals surface area contributed by atoms with Gasteiger partial charge in [-0.25, -0.2) is 4.79 Å². The Hall–Kier alpha value is -2.62. The van der Waals surface area contributed by atoms with Gasteiger partial charge in [-0.1, -0.05) is 0 Å². The SMILES string of the molecule is N#Cc1cc(C(=O)O)c(N)c([N+](=O)[O-])c1. The predicted octanol–water partition coefficient (Wildman–Crippen LogP) is 0.747. The first-order valence-corrected chi connectivity index (χ1v) is 3.68. The maximum atomic E-state index is 10.7. The molecular formula is C8H5N3O4. The Morgan fingerprint density at radius 2 is 2.20 bits per heavy atom. The summed E-state index contributed by atoms with van der Waals surface area (Å²) in [6.07, 6.45) is 0. The standard InChI is InChI=1S/C8H5N3O4/c9-3-4-1-5(8(12)13)7(10)6(2-4)11(14)15/h1-2H,10H2,(H,12,13). The summed E-state index contributed by atoms with van der Waals surface area (Å²) >= 11 is 0. The molecule has 0 saturated heterocycles. The molecular weight excluding hydrogens is 202 g/mol. The number of carbonyl (C=O) groups is 1. The lowest BCUT2D eigenvalue weighted by Crippen LogP contribution is -2.06. The van der Waals surface area contributed by atoms with E-state index < -0.39 is 27.8 Å². The van der Waals surface area contributed by atoms with Crippen molar-refractivity contribution in [3.05, 3.63) is 33.4 Å². The quantitative estimate of drug-likeness (QED) is 0.418. The number of nitro groups is 1. The van der Waals surface area contributed by atoms with Crippen molar-refractivity contribution in [2.24, 2.45) is 0 Å². The first-order chi connectivity index (χ1) is 6.97. The molecule has 0 aliphatic carbocycles. The van der Waals surface area contributed by atoms with E-state index in [1.807, 2.05) is 0 Å². The molecule has 0 saturated carbocycles. The molecule has 15 heavy (non-hydrogen) atoms. The zero-order valence-electron chi connectivity index (χ0n) is 7.30. The third-order valence-corrected chi connectivity index (χ3v) is 1.71. The summed E-state index contributed by atoms with van der Waals surface area (Å²) in [7, 11) is 0. The van der Waals surface area contributed by atoms with E-state index in [-0.39, 0.29) is 5.56 Å². The van der Waals surface area contributed by atoms with Crippen LogP contribution in [0.15, 0.2) is 12.1 Å². The molecule has 7 nitrogen and oxygen atoms in total. The number of nitrogen functional groups attached to an aromatic ring is 1. The molecule has 3 N–H and O–H groups in total. The number of hydrogen-bond acceptors (Lipinski definition) is 5. The highest BCUT2D eigenvalue weighted by atomic mass is 16.6. The average molecular weight is 207 g/mol. The highest BCUT2D eigenvalue weighted by molar-refractivity contribution is 5.96. The lowest BCUT2D eigenvalue weighted by atomic mass is 10.1. The minimum Gasteiger partial charge on any atom is -0.478 e. The van der Waals surface area contributed by atoms with Crippen molar-refractivity contribution in [2.45, 2.75) is 0 Å². The van der Waals surface area contributed by atoms with Gasteiger partial charge in [-0.3, -0.25) is 10.1 Å². The van der Waals surface area contributed by atoms with Gasteiger partial charge in [0.1, 0.15) is 5.69 Å². The number of benzene rings is 1. The van der Waals surface area contributed by atoms with Gasteiger partial charge in [0.25, 0.3) is 5.69 Å². The van der Waals surface area contributed by atoms with Crippen LogP contribution in [0.5, 0.6) is 0 Å². The second kappa shape index (κ2) is 3.63. The molecule has 1 aromatic rings. The second-order valence-electron chi connectivity index (χ2n) is 2.63. The number of nitrogens with zero attached hydrogens (tertiary/aromatic N) is 2. The van der Waals surface area contributed by atoms with Crippen LogP contribution in [0.1, 0.15) is 15.9 Å². The van der Waals surface area contributed by atoms with Gasteiger partial charge < -0.3 is 10.8 Å². The van der Waals surface area contributed by atoms with E-state index in [1.165, 1.54) is 0 Å². The zero-order chi connectivity index (χ0) is 11.6. The molecule has 0 aliphatic rings. The van der Waals surface area contributed by atoms with Crippen molar-refractivity contribution < 1.29 is 14.8 Å². The maximum absolute atomic E-state index is 10.7. The molecule has 0 aliphatic heterocycles. The van der Waals surface area contributed by atoms with E-state index in [1.54, 1.807) is 6.07 Å². The zero-order valence-corrected chi connectivity index (χ0v) is 7.30. The minimum absolute atomic E-state index is 0.117. The first-order valence-electron chi connectivity index (χ1n) is 3.68. The first kappa shape index (κ1) is 10.5. The number of nitrogens with two attached hydrogens (primary N) is 1. The topological polar surface area (TPSA) is 130 Å². The van der Waals surface area contributed by atoms with Crippen molar-refractivity contribution in [1.82, 2.24) is 0 Å². The van der Waals surface area contributed by atoms with Gasteiger partial charge >= 0.3 is 5.97 Å². The van der Waals surface area contributed by atoms with E-state index in [2.05, 4.69) is 0 Å². The van der Waals surface area contributed by atoms with Gasteiger partial charge in [0, 0.05) is 6.07 Å². The number of hydrogen-bond donors (Lipinski definition) is 2. The molecule has 0 unspecified atom stereocenters. The van der Waals surface area contributed by atoms with Crippen molar-refractivity contribution in [3.8, 4) is 6.07 Å². The number of nitro benzene ring substituents is 1. The van der Waals surface area contributed by atoms with Crippen LogP contribution in [0, 0.1) is 21.4 Å². The van der Waals surface area contributed by atoms with Crippen LogP contribution < -0.4 is 5.73 Å². The van der Waals surface area contributed by atoms with Gasteiger partial charge in [-0.2, -0.15) is 5.26 Å². The Balaban J connectivity index is 3.56. The summed E-state index contributed by atoms with van der Waals surface area (Å²) < 4.78 is 0. The summed E-state index contributed by atoms with van der Waals surface area (Å²) in [5, 5.41) is 27.7. The lowest BCUT2D eigenvalue weighted by molar-refractivity contribution is -0.383. The Bertz CT molecular complexity index is 454. The van der Waals surface area contributed by atoms with Crippen LogP contribution in [0.25, 0.3) is 0 Å². The van der Waals surface area contributed by atoms with Crippen molar-refractivity contribution in [3.63, 3.8) is 0 Å². The Morgan fingerprint density at radius 1 is 1.60 bits per heavy atom. The van der Waals surface area contributed by atoms with Crippen LogP contribution in [0.2, 0.25) is 0 Å². The summed E-state index contributed by atoms with van der Waals surface area (Å²) in [5.74, 6) is -1.41. The molecule has 0 heterocycles. The molecule has 7 heteroatoms. The third-order valence-electron chi connectivity index (χ3n) is 1.71. The van der Waals surface area contributed by atoms with E-state index in [0.29, 0.717) is 0 Å². The number of nitriles is 1. The molecule has 0 amide bonds. The van der Waals surface area contributed by atoms with Crippen LogP contribution in [0.4, 0.5) is 11.4 Å². The minimum atomic E-state index is -1.41. The second-order valence-corrected chi connectivity index (χ2v) is 2.63. The number of carboxylic acid groups (broad SMARTS) is 1. The third kappa shape index (κ3) is 1.83. The van der Waals surface area contributed by atoms with Gasteiger partial charge in [0.15, 0.2) is 0 Å². The largest absolute Gasteiger partial charge is 0.478 e. The molecule has 76 valence electrons. The van der Waals surface area contributed by atoms with Gasteiger partial charge in [-0.15, -0.1) is 0 Å².